The maximum Gasteiger partial charge on any atom is 0.227 e. The molecule has 0 amide bonds. The minimum absolute atomic E-state index is 0.598. The summed E-state index contributed by atoms with van der Waals surface area (Å²) in [5.41, 5.74) is 0. The van der Waals surface area contributed by atoms with Gasteiger partial charge in [0, 0.05) is 31.9 Å². The second-order valence-electron chi connectivity index (χ2n) is 5.72. The van der Waals surface area contributed by atoms with Crippen molar-refractivity contribution in [3.63, 3.8) is 0 Å². The Labute approximate surface area is 122 Å². The van der Waals surface area contributed by atoms with Crippen molar-refractivity contribution >= 4 is 11.8 Å². The molecule has 20 heavy (non-hydrogen) atoms. The van der Waals surface area contributed by atoms with E-state index in [4.69, 9.17) is 0 Å². The monoisotopic (exact) mass is 277 g/mol. The van der Waals surface area contributed by atoms with Gasteiger partial charge in [0.1, 0.15) is 5.82 Å². The molecule has 1 unspecified atom stereocenters. The molecule has 0 saturated carbocycles. The van der Waals surface area contributed by atoms with Crippen LogP contribution in [0, 0.1) is 0 Å². The number of hydrogen-bond donors (Lipinski definition) is 1. The molecule has 1 saturated heterocycles. The largest absolute Gasteiger partial charge is 0.369 e. The number of aromatic nitrogens is 2. The topological polar surface area (TPSA) is 44.3 Å². The van der Waals surface area contributed by atoms with Gasteiger partial charge in [-0.15, -0.1) is 0 Å². The van der Waals surface area contributed by atoms with Crippen molar-refractivity contribution in [3.8, 4) is 0 Å². The van der Waals surface area contributed by atoms with Gasteiger partial charge < -0.3 is 15.1 Å². The second kappa shape index (κ2) is 7.43. The summed E-state index contributed by atoms with van der Waals surface area (Å²) in [7, 11) is 4.15. The molecule has 0 aliphatic carbocycles. The van der Waals surface area contributed by atoms with Crippen LogP contribution in [0.5, 0.6) is 0 Å². The Balaban J connectivity index is 2.00. The molecule has 2 rings (SSSR count). The second-order valence-corrected chi connectivity index (χ2v) is 5.72. The third-order valence-corrected chi connectivity index (χ3v) is 3.86. The molecule has 0 spiro atoms. The summed E-state index contributed by atoms with van der Waals surface area (Å²) in [5, 5.41) is 3.37. The fourth-order valence-electron chi connectivity index (χ4n) is 2.68. The lowest BCUT2D eigenvalue weighted by atomic mass is 10.0. The van der Waals surface area contributed by atoms with Crippen LogP contribution in [-0.4, -0.2) is 54.6 Å². The summed E-state index contributed by atoms with van der Waals surface area (Å²) in [6, 6.07) is 2.55. The summed E-state index contributed by atoms with van der Waals surface area (Å²) in [6.45, 7) is 5.24. The summed E-state index contributed by atoms with van der Waals surface area (Å²) in [6.07, 6.45) is 6.87. The Kier molecular flexibility index (Phi) is 5.59. The first kappa shape index (κ1) is 15.0. The number of nitrogens with one attached hydrogen (secondary N) is 1. The normalized spacial score (nSPS) is 19.4. The lowest BCUT2D eigenvalue weighted by molar-refractivity contribution is 0.425. The Morgan fingerprint density at radius 2 is 2.25 bits per heavy atom. The van der Waals surface area contributed by atoms with Crippen LogP contribution in [0.1, 0.15) is 32.6 Å². The fraction of sp³-hybridized carbons (Fsp3) is 0.733. The summed E-state index contributed by atoms with van der Waals surface area (Å²) < 4.78 is 0. The van der Waals surface area contributed by atoms with Gasteiger partial charge in [0.15, 0.2) is 0 Å². The molecule has 1 atom stereocenters. The standard InChI is InChI=1S/C15H27N5/c1-4-13-7-5-6-11-20(13)15-17-9-8-14(18-15)16-10-12-19(2)3/h8-9,13H,4-7,10-12H2,1-3H3,(H,16,17,18). The molecule has 0 radical (unpaired) electrons. The molecule has 0 bridgehead atoms. The minimum Gasteiger partial charge on any atom is -0.369 e. The number of likely N-dealkylation sites (N-methyl/N-ethyl adjacent to an activating group) is 1. The van der Waals surface area contributed by atoms with Crippen LogP contribution in [-0.2, 0) is 0 Å². The van der Waals surface area contributed by atoms with Crippen molar-refractivity contribution in [2.75, 3.05) is 43.9 Å². The van der Waals surface area contributed by atoms with Crippen LogP contribution in [0.2, 0.25) is 0 Å². The van der Waals surface area contributed by atoms with Gasteiger partial charge in [-0.1, -0.05) is 6.92 Å². The molecule has 2 heterocycles. The van der Waals surface area contributed by atoms with E-state index in [2.05, 4.69) is 46.1 Å². The van der Waals surface area contributed by atoms with Crippen LogP contribution in [0.3, 0.4) is 0 Å². The van der Waals surface area contributed by atoms with Crippen LogP contribution >= 0.6 is 0 Å². The van der Waals surface area contributed by atoms with Crippen molar-refractivity contribution in [1.82, 2.24) is 14.9 Å². The van der Waals surface area contributed by atoms with Gasteiger partial charge in [0.2, 0.25) is 5.95 Å². The van der Waals surface area contributed by atoms with Gasteiger partial charge in [0.05, 0.1) is 0 Å². The molecular formula is C15H27N5. The smallest absolute Gasteiger partial charge is 0.227 e. The molecule has 5 nitrogen and oxygen atoms in total. The van der Waals surface area contributed by atoms with Gasteiger partial charge in [-0.25, -0.2) is 4.98 Å². The molecule has 112 valence electrons. The van der Waals surface area contributed by atoms with Crippen molar-refractivity contribution in [3.05, 3.63) is 12.3 Å². The molecule has 0 aromatic carbocycles. The van der Waals surface area contributed by atoms with Crippen LogP contribution in [0.4, 0.5) is 11.8 Å². The van der Waals surface area contributed by atoms with Gasteiger partial charge in [-0.2, -0.15) is 4.98 Å². The van der Waals surface area contributed by atoms with E-state index < -0.39 is 0 Å². The average Bonchev–Trinajstić information content (AvgIpc) is 2.47. The number of hydrogen-bond acceptors (Lipinski definition) is 5. The average molecular weight is 277 g/mol. The van der Waals surface area contributed by atoms with Gasteiger partial charge in [0.25, 0.3) is 0 Å². The lowest BCUT2D eigenvalue weighted by Crippen LogP contribution is -2.40. The van der Waals surface area contributed by atoms with Crippen molar-refractivity contribution < 1.29 is 0 Å². The highest BCUT2D eigenvalue weighted by atomic mass is 15.3. The first-order valence-electron chi connectivity index (χ1n) is 7.69. The van der Waals surface area contributed by atoms with E-state index in [0.717, 1.165) is 31.4 Å². The molecule has 5 heteroatoms. The zero-order chi connectivity index (χ0) is 14.4. The van der Waals surface area contributed by atoms with Gasteiger partial charge in [-0.05, 0) is 45.8 Å². The zero-order valence-corrected chi connectivity index (χ0v) is 13.0. The predicted molar refractivity (Wildman–Crippen MR) is 84.4 cm³/mol. The van der Waals surface area contributed by atoms with Crippen molar-refractivity contribution in [2.45, 2.75) is 38.6 Å². The van der Waals surface area contributed by atoms with E-state index >= 15 is 0 Å². The van der Waals surface area contributed by atoms with Crippen LogP contribution in [0.15, 0.2) is 12.3 Å². The molecule has 1 aliphatic rings. The SMILES string of the molecule is CCC1CCCCN1c1nccc(NCCN(C)C)n1. The molecule has 1 aromatic heterocycles. The van der Waals surface area contributed by atoms with E-state index in [-0.39, 0.29) is 0 Å². The van der Waals surface area contributed by atoms with Crippen LogP contribution in [0.25, 0.3) is 0 Å². The highest BCUT2D eigenvalue weighted by Crippen LogP contribution is 2.24. The van der Waals surface area contributed by atoms with E-state index in [9.17, 15) is 0 Å². The number of rotatable bonds is 6. The Hall–Kier alpha value is -1.36. The third-order valence-electron chi connectivity index (χ3n) is 3.86. The van der Waals surface area contributed by atoms with E-state index in [0.29, 0.717) is 6.04 Å². The zero-order valence-electron chi connectivity index (χ0n) is 13.0. The lowest BCUT2D eigenvalue weighted by Gasteiger charge is -2.35. The Morgan fingerprint density at radius 1 is 1.40 bits per heavy atom. The Bertz CT molecular complexity index is 407. The molecule has 1 N–H and O–H groups in total. The van der Waals surface area contributed by atoms with E-state index in [1.807, 2.05) is 12.3 Å². The molecular weight excluding hydrogens is 250 g/mol. The fourth-order valence-corrected chi connectivity index (χ4v) is 2.68. The number of piperidine rings is 1. The first-order chi connectivity index (χ1) is 9.70. The number of nitrogens with zero attached hydrogens (tertiary/aromatic N) is 4. The predicted octanol–water partition coefficient (Wildman–Crippen LogP) is 2.22. The van der Waals surface area contributed by atoms with Crippen LogP contribution < -0.4 is 10.2 Å². The summed E-state index contributed by atoms with van der Waals surface area (Å²) in [5.74, 6) is 1.81. The maximum absolute atomic E-state index is 4.68. The molecule has 1 aromatic rings. The highest BCUT2D eigenvalue weighted by molar-refractivity contribution is 5.42. The molecule has 1 aliphatic heterocycles. The maximum atomic E-state index is 4.68. The first-order valence-corrected chi connectivity index (χ1v) is 7.69. The van der Waals surface area contributed by atoms with E-state index in [1.54, 1.807) is 0 Å². The quantitative estimate of drug-likeness (QED) is 0.864. The van der Waals surface area contributed by atoms with Gasteiger partial charge >= 0.3 is 0 Å². The van der Waals surface area contributed by atoms with Crippen molar-refractivity contribution in [2.24, 2.45) is 0 Å². The number of anilines is 2. The van der Waals surface area contributed by atoms with Crippen molar-refractivity contribution in [1.29, 1.82) is 0 Å². The summed E-state index contributed by atoms with van der Waals surface area (Å²) in [4.78, 5) is 13.7. The summed E-state index contributed by atoms with van der Waals surface area (Å²) >= 11 is 0. The third kappa shape index (κ3) is 4.07. The minimum atomic E-state index is 0.598. The van der Waals surface area contributed by atoms with E-state index in [1.165, 1.54) is 25.7 Å². The Morgan fingerprint density at radius 3 is 3.00 bits per heavy atom. The van der Waals surface area contributed by atoms with Gasteiger partial charge in [-0.3, -0.25) is 0 Å². The highest BCUT2D eigenvalue weighted by Gasteiger charge is 2.23. The molecule has 1 fully saturated rings.